The van der Waals surface area contributed by atoms with Crippen molar-refractivity contribution in [3.63, 3.8) is 0 Å². The molecule has 1 unspecified atom stereocenters. The van der Waals surface area contributed by atoms with E-state index in [1.165, 1.54) is 5.56 Å². The molecule has 0 spiro atoms. The van der Waals surface area contributed by atoms with Crippen molar-refractivity contribution in [2.75, 3.05) is 20.1 Å². The topological polar surface area (TPSA) is 32.3 Å². The Morgan fingerprint density at radius 2 is 1.94 bits per heavy atom. The largest absolute Gasteiger partial charge is 0.343 e. The fourth-order valence-corrected chi connectivity index (χ4v) is 2.13. The van der Waals surface area contributed by atoms with Crippen molar-refractivity contribution < 1.29 is 4.79 Å². The summed E-state index contributed by atoms with van der Waals surface area (Å²) in [6.07, 6.45) is 0. The van der Waals surface area contributed by atoms with Crippen LogP contribution in [0.4, 0.5) is 0 Å². The van der Waals surface area contributed by atoms with E-state index >= 15 is 0 Å². The predicted octanol–water partition coefficient (Wildman–Crippen LogP) is 1.91. The lowest BCUT2D eigenvalue weighted by Gasteiger charge is -2.30. The van der Waals surface area contributed by atoms with Crippen LogP contribution in [0, 0.1) is 0 Å². The van der Waals surface area contributed by atoms with Gasteiger partial charge in [0.1, 0.15) is 6.04 Å². The second-order valence-corrected chi connectivity index (χ2v) is 4.97. The maximum Gasteiger partial charge on any atom is 0.244 e. The van der Waals surface area contributed by atoms with Gasteiger partial charge in [0.15, 0.2) is 0 Å². The molecule has 1 atom stereocenters. The zero-order valence-corrected chi connectivity index (χ0v) is 10.7. The van der Waals surface area contributed by atoms with E-state index in [1.807, 2.05) is 7.05 Å². The highest BCUT2D eigenvalue weighted by Crippen LogP contribution is 2.21. The Morgan fingerprint density at radius 1 is 1.29 bits per heavy atom. The molecule has 0 bridgehead atoms. The van der Waals surface area contributed by atoms with E-state index in [2.05, 4.69) is 43.4 Å². The fraction of sp³-hybridized carbons (Fsp3) is 0.500. The highest BCUT2D eigenvalue weighted by Gasteiger charge is 2.26. The van der Waals surface area contributed by atoms with Crippen molar-refractivity contribution in [3.05, 3.63) is 35.4 Å². The van der Waals surface area contributed by atoms with Gasteiger partial charge >= 0.3 is 0 Å². The second-order valence-electron chi connectivity index (χ2n) is 4.97. The quantitative estimate of drug-likeness (QED) is 0.845. The number of carbonyl (C=O) groups excluding carboxylic acids is 1. The van der Waals surface area contributed by atoms with Gasteiger partial charge in [0, 0.05) is 20.1 Å². The van der Waals surface area contributed by atoms with Crippen LogP contribution in [-0.2, 0) is 4.79 Å². The van der Waals surface area contributed by atoms with Gasteiger partial charge in [0.2, 0.25) is 5.91 Å². The molecule has 1 aromatic carbocycles. The molecule has 1 aromatic rings. The number of carbonyl (C=O) groups is 1. The third-order valence-corrected chi connectivity index (χ3v) is 3.36. The summed E-state index contributed by atoms with van der Waals surface area (Å²) in [5.41, 5.74) is 2.37. The zero-order valence-electron chi connectivity index (χ0n) is 10.7. The average Bonchev–Trinajstić information content (AvgIpc) is 2.33. The number of hydrogen-bond donors (Lipinski definition) is 1. The minimum absolute atomic E-state index is 0.161. The summed E-state index contributed by atoms with van der Waals surface area (Å²) in [5.74, 6) is 0.690. The van der Waals surface area contributed by atoms with Crippen molar-refractivity contribution >= 4 is 5.91 Å². The minimum Gasteiger partial charge on any atom is -0.343 e. The van der Waals surface area contributed by atoms with Crippen LogP contribution >= 0.6 is 0 Å². The maximum atomic E-state index is 12.0. The predicted molar refractivity (Wildman–Crippen MR) is 68.9 cm³/mol. The van der Waals surface area contributed by atoms with Crippen molar-refractivity contribution in [1.29, 1.82) is 0 Å². The fourth-order valence-electron chi connectivity index (χ4n) is 2.13. The molecule has 1 fully saturated rings. The first-order chi connectivity index (χ1) is 8.09. The number of rotatable bonds is 2. The maximum absolute atomic E-state index is 12.0. The van der Waals surface area contributed by atoms with Crippen LogP contribution in [0.2, 0.25) is 0 Å². The van der Waals surface area contributed by atoms with Crippen molar-refractivity contribution in [1.82, 2.24) is 10.2 Å². The summed E-state index contributed by atoms with van der Waals surface area (Å²) in [5, 5.41) is 3.27. The molecule has 0 saturated carbocycles. The third-order valence-electron chi connectivity index (χ3n) is 3.36. The summed E-state index contributed by atoms with van der Waals surface area (Å²) in [7, 11) is 1.86. The molecule has 1 heterocycles. The van der Waals surface area contributed by atoms with Gasteiger partial charge in [-0.1, -0.05) is 38.1 Å². The molecular formula is C14H20N2O. The summed E-state index contributed by atoms with van der Waals surface area (Å²) >= 11 is 0. The summed E-state index contributed by atoms with van der Waals surface area (Å²) in [6.45, 7) is 6.00. The van der Waals surface area contributed by atoms with E-state index in [4.69, 9.17) is 0 Å². The molecule has 3 heteroatoms. The lowest BCUT2D eigenvalue weighted by atomic mass is 9.98. The number of nitrogens with one attached hydrogen (secondary N) is 1. The normalized spacial score (nSPS) is 21.1. The molecule has 0 radical (unpaired) electrons. The number of likely N-dealkylation sites (N-methyl/N-ethyl adjacent to an activating group) is 1. The average molecular weight is 232 g/mol. The molecule has 1 N–H and O–H groups in total. The summed E-state index contributed by atoms with van der Waals surface area (Å²) < 4.78 is 0. The van der Waals surface area contributed by atoms with Crippen LogP contribution in [0.3, 0.4) is 0 Å². The summed E-state index contributed by atoms with van der Waals surface area (Å²) in [4.78, 5) is 13.8. The molecule has 1 saturated heterocycles. The Labute approximate surface area is 103 Å². The van der Waals surface area contributed by atoms with E-state index in [1.54, 1.807) is 4.90 Å². The Hall–Kier alpha value is -1.35. The van der Waals surface area contributed by atoms with E-state index in [-0.39, 0.29) is 11.9 Å². The van der Waals surface area contributed by atoms with E-state index in [0.717, 1.165) is 18.7 Å². The molecule has 3 nitrogen and oxygen atoms in total. The first-order valence-electron chi connectivity index (χ1n) is 6.18. The van der Waals surface area contributed by atoms with Crippen molar-refractivity contribution in [3.8, 4) is 0 Å². The van der Waals surface area contributed by atoms with E-state index in [9.17, 15) is 4.79 Å². The molecular weight excluding hydrogens is 212 g/mol. The molecule has 0 aromatic heterocycles. The Morgan fingerprint density at radius 3 is 2.53 bits per heavy atom. The van der Waals surface area contributed by atoms with Gasteiger partial charge in [-0.05, 0) is 17.0 Å². The molecule has 0 aliphatic carbocycles. The number of benzene rings is 1. The van der Waals surface area contributed by atoms with Gasteiger partial charge in [-0.25, -0.2) is 0 Å². The SMILES string of the molecule is CC(C)c1ccc(C2NCCN(C)C2=O)cc1. The number of hydrogen-bond acceptors (Lipinski definition) is 2. The lowest BCUT2D eigenvalue weighted by Crippen LogP contribution is -2.48. The van der Waals surface area contributed by atoms with Gasteiger partial charge in [-0.2, -0.15) is 0 Å². The number of nitrogens with zero attached hydrogens (tertiary/aromatic N) is 1. The molecule has 92 valence electrons. The zero-order chi connectivity index (χ0) is 12.4. The highest BCUT2D eigenvalue weighted by atomic mass is 16.2. The molecule has 1 amide bonds. The van der Waals surface area contributed by atoms with E-state index in [0.29, 0.717) is 5.92 Å². The Kier molecular flexibility index (Phi) is 3.48. The Balaban J connectivity index is 2.19. The van der Waals surface area contributed by atoms with Crippen molar-refractivity contribution in [2.24, 2.45) is 0 Å². The molecule has 1 aliphatic rings. The highest BCUT2D eigenvalue weighted by molar-refractivity contribution is 5.83. The number of amides is 1. The van der Waals surface area contributed by atoms with Crippen LogP contribution in [0.15, 0.2) is 24.3 Å². The molecule has 1 aliphatic heterocycles. The second kappa shape index (κ2) is 4.88. The number of piperazine rings is 1. The lowest BCUT2D eigenvalue weighted by molar-refractivity contribution is -0.134. The van der Waals surface area contributed by atoms with Gasteiger partial charge in [0.05, 0.1) is 0 Å². The van der Waals surface area contributed by atoms with Gasteiger partial charge in [-0.15, -0.1) is 0 Å². The van der Waals surface area contributed by atoms with Crippen LogP contribution < -0.4 is 5.32 Å². The smallest absolute Gasteiger partial charge is 0.244 e. The van der Waals surface area contributed by atoms with E-state index < -0.39 is 0 Å². The van der Waals surface area contributed by atoms with Crippen LogP contribution in [0.25, 0.3) is 0 Å². The van der Waals surface area contributed by atoms with Gasteiger partial charge in [-0.3, -0.25) is 4.79 Å². The Bertz CT molecular complexity index is 397. The van der Waals surface area contributed by atoms with Gasteiger partial charge < -0.3 is 10.2 Å². The monoisotopic (exact) mass is 232 g/mol. The third kappa shape index (κ3) is 2.50. The minimum atomic E-state index is -0.171. The van der Waals surface area contributed by atoms with Gasteiger partial charge in [0.25, 0.3) is 0 Å². The van der Waals surface area contributed by atoms with Crippen molar-refractivity contribution in [2.45, 2.75) is 25.8 Å². The first-order valence-corrected chi connectivity index (χ1v) is 6.18. The van der Waals surface area contributed by atoms with Crippen LogP contribution in [0.1, 0.15) is 36.9 Å². The summed E-state index contributed by atoms with van der Waals surface area (Å²) in [6, 6.07) is 8.18. The van der Waals surface area contributed by atoms with Crippen LogP contribution in [-0.4, -0.2) is 30.9 Å². The first kappa shape index (κ1) is 12.1. The standard InChI is InChI=1S/C14H20N2O/c1-10(2)11-4-6-12(7-5-11)13-14(17)16(3)9-8-15-13/h4-7,10,13,15H,8-9H2,1-3H3. The molecule has 17 heavy (non-hydrogen) atoms. The van der Waals surface area contributed by atoms with Crippen LogP contribution in [0.5, 0.6) is 0 Å². The molecule has 2 rings (SSSR count).